The number of carbonyl (C=O) groups excluding carboxylic acids is 2. The fraction of sp³-hybridized carbons (Fsp3) is 0.150. The second kappa shape index (κ2) is 9.42. The Balaban J connectivity index is 1.52. The van der Waals surface area contributed by atoms with Crippen LogP contribution in [-0.4, -0.2) is 28.1 Å². The van der Waals surface area contributed by atoms with Crippen LogP contribution in [0.3, 0.4) is 0 Å². The first-order valence-corrected chi connectivity index (χ1v) is 9.51. The van der Waals surface area contributed by atoms with Gasteiger partial charge in [-0.25, -0.2) is 13.5 Å². The maximum atomic E-state index is 13.6. The minimum absolute atomic E-state index is 0.000145. The fourth-order valence-corrected chi connectivity index (χ4v) is 3.03. The van der Waals surface area contributed by atoms with Crippen LogP contribution in [-0.2, 0) is 11.3 Å². The maximum Gasteiger partial charge on any atom is 0.254 e. The third kappa shape index (κ3) is 5.47. The Labute approximate surface area is 174 Å². The number of nitrogens with zero attached hydrogens (tertiary/aromatic N) is 2. The lowest BCUT2D eigenvalue weighted by Gasteiger charge is -2.11. The Hall–Kier alpha value is -3.07. The van der Waals surface area contributed by atoms with Gasteiger partial charge in [-0.05, 0) is 23.8 Å². The van der Waals surface area contributed by atoms with Crippen molar-refractivity contribution in [3.05, 3.63) is 82.0 Å². The van der Waals surface area contributed by atoms with Crippen molar-refractivity contribution in [2.75, 3.05) is 11.9 Å². The highest BCUT2D eigenvalue weighted by Crippen LogP contribution is 2.18. The summed E-state index contributed by atoms with van der Waals surface area (Å²) >= 11 is 3.48. The molecule has 0 aliphatic heterocycles. The van der Waals surface area contributed by atoms with Gasteiger partial charge in [0, 0.05) is 29.6 Å². The summed E-state index contributed by atoms with van der Waals surface area (Å²) in [6, 6.07) is 12.0. The van der Waals surface area contributed by atoms with Crippen LogP contribution in [0.5, 0.6) is 0 Å². The molecule has 1 heterocycles. The zero-order valence-electron chi connectivity index (χ0n) is 15.2. The first kappa shape index (κ1) is 20.7. The Morgan fingerprint density at radius 3 is 2.66 bits per heavy atom. The van der Waals surface area contributed by atoms with Gasteiger partial charge >= 0.3 is 0 Å². The Morgan fingerprint density at radius 2 is 1.90 bits per heavy atom. The molecule has 3 rings (SSSR count). The molecule has 0 saturated heterocycles. The number of nitrogens with one attached hydrogen (secondary N) is 2. The van der Waals surface area contributed by atoms with Gasteiger partial charge in [-0.2, -0.15) is 5.10 Å². The molecule has 0 bridgehead atoms. The molecule has 29 heavy (non-hydrogen) atoms. The summed E-state index contributed by atoms with van der Waals surface area (Å²) < 4.78 is 29.1. The van der Waals surface area contributed by atoms with Crippen molar-refractivity contribution in [2.45, 2.75) is 13.0 Å². The molecule has 2 aromatic carbocycles. The average molecular weight is 463 g/mol. The predicted molar refractivity (Wildman–Crippen MR) is 107 cm³/mol. The second-order valence-corrected chi connectivity index (χ2v) is 7.00. The van der Waals surface area contributed by atoms with Gasteiger partial charge < -0.3 is 10.6 Å². The quantitative estimate of drug-likeness (QED) is 0.561. The standard InChI is InChI=1S/C20H17BrF2N4O2/c21-16-4-2-1-3-13(16)12-27-18(7-10-25-27)26-19(28)8-9-24-20(29)15-6-5-14(22)11-17(15)23/h1-7,10-11H,8-9,12H2,(H,24,29)(H,26,28). The Bertz CT molecular complexity index is 1040. The van der Waals surface area contributed by atoms with E-state index in [4.69, 9.17) is 0 Å². The molecule has 2 amide bonds. The van der Waals surface area contributed by atoms with Gasteiger partial charge in [0.2, 0.25) is 5.91 Å². The molecule has 0 aliphatic rings. The van der Waals surface area contributed by atoms with E-state index in [-0.39, 0.29) is 24.4 Å². The molecule has 0 saturated carbocycles. The van der Waals surface area contributed by atoms with E-state index in [0.29, 0.717) is 18.4 Å². The minimum Gasteiger partial charge on any atom is -0.351 e. The van der Waals surface area contributed by atoms with E-state index < -0.39 is 17.5 Å². The van der Waals surface area contributed by atoms with Crippen molar-refractivity contribution < 1.29 is 18.4 Å². The smallest absolute Gasteiger partial charge is 0.254 e. The topological polar surface area (TPSA) is 76.0 Å². The van der Waals surface area contributed by atoms with Crippen molar-refractivity contribution in [1.29, 1.82) is 0 Å². The van der Waals surface area contributed by atoms with Crippen molar-refractivity contribution in [2.24, 2.45) is 0 Å². The minimum atomic E-state index is -0.956. The number of amides is 2. The molecule has 9 heteroatoms. The van der Waals surface area contributed by atoms with Gasteiger partial charge in [-0.1, -0.05) is 34.1 Å². The highest BCUT2D eigenvalue weighted by molar-refractivity contribution is 9.10. The van der Waals surface area contributed by atoms with E-state index in [1.165, 1.54) is 0 Å². The van der Waals surface area contributed by atoms with E-state index in [2.05, 4.69) is 31.7 Å². The van der Waals surface area contributed by atoms with Crippen LogP contribution >= 0.6 is 15.9 Å². The maximum absolute atomic E-state index is 13.6. The SMILES string of the molecule is O=C(CCNC(=O)c1ccc(F)cc1F)Nc1ccnn1Cc1ccccc1Br. The van der Waals surface area contributed by atoms with E-state index in [1.54, 1.807) is 16.9 Å². The van der Waals surface area contributed by atoms with E-state index in [9.17, 15) is 18.4 Å². The monoisotopic (exact) mass is 462 g/mol. The molecule has 3 aromatic rings. The summed E-state index contributed by atoms with van der Waals surface area (Å²) in [7, 11) is 0. The number of anilines is 1. The molecule has 150 valence electrons. The number of halogens is 3. The number of hydrogen-bond donors (Lipinski definition) is 2. The molecule has 2 N–H and O–H groups in total. The number of aromatic nitrogens is 2. The molecule has 0 unspecified atom stereocenters. The molecule has 0 atom stereocenters. The predicted octanol–water partition coefficient (Wildman–Crippen LogP) is 3.73. The van der Waals surface area contributed by atoms with Gasteiger partial charge in [-0.15, -0.1) is 0 Å². The van der Waals surface area contributed by atoms with Crippen LogP contribution in [0.15, 0.2) is 59.2 Å². The summed E-state index contributed by atoms with van der Waals surface area (Å²) in [5.74, 6) is -2.25. The molecular formula is C20H17BrF2N4O2. The largest absolute Gasteiger partial charge is 0.351 e. The Morgan fingerprint density at radius 1 is 1.10 bits per heavy atom. The summed E-state index contributed by atoms with van der Waals surface area (Å²) in [5, 5.41) is 9.38. The van der Waals surface area contributed by atoms with Gasteiger partial charge in [-0.3, -0.25) is 9.59 Å². The van der Waals surface area contributed by atoms with Crippen LogP contribution in [0.4, 0.5) is 14.6 Å². The third-order valence-corrected chi connectivity index (χ3v) is 4.85. The van der Waals surface area contributed by atoms with Gasteiger partial charge in [0.25, 0.3) is 5.91 Å². The van der Waals surface area contributed by atoms with Gasteiger partial charge in [0.1, 0.15) is 17.5 Å². The van der Waals surface area contributed by atoms with Gasteiger partial charge in [0.15, 0.2) is 0 Å². The second-order valence-electron chi connectivity index (χ2n) is 6.14. The number of carbonyl (C=O) groups is 2. The lowest BCUT2D eigenvalue weighted by atomic mass is 10.2. The zero-order chi connectivity index (χ0) is 20.8. The normalized spacial score (nSPS) is 10.6. The van der Waals surface area contributed by atoms with E-state index in [0.717, 1.165) is 22.2 Å². The Kier molecular flexibility index (Phi) is 6.71. The summed E-state index contributed by atoms with van der Waals surface area (Å²) in [4.78, 5) is 24.1. The molecule has 0 aliphatic carbocycles. The van der Waals surface area contributed by atoms with Crippen molar-refractivity contribution >= 4 is 33.6 Å². The summed E-state index contributed by atoms with van der Waals surface area (Å²) in [5.41, 5.74) is 0.721. The number of hydrogen-bond acceptors (Lipinski definition) is 3. The fourth-order valence-electron chi connectivity index (χ4n) is 2.62. The van der Waals surface area contributed by atoms with E-state index in [1.807, 2.05) is 24.3 Å². The van der Waals surface area contributed by atoms with Crippen molar-refractivity contribution in [1.82, 2.24) is 15.1 Å². The average Bonchev–Trinajstić information content (AvgIpc) is 3.10. The van der Waals surface area contributed by atoms with Crippen molar-refractivity contribution in [3.8, 4) is 0 Å². The number of rotatable bonds is 7. The lowest BCUT2D eigenvalue weighted by Crippen LogP contribution is -2.28. The molecule has 0 radical (unpaired) electrons. The summed E-state index contributed by atoms with van der Waals surface area (Å²) in [6.07, 6.45) is 1.56. The highest BCUT2D eigenvalue weighted by atomic mass is 79.9. The molecule has 0 spiro atoms. The van der Waals surface area contributed by atoms with E-state index >= 15 is 0 Å². The third-order valence-electron chi connectivity index (χ3n) is 4.08. The molecule has 0 fully saturated rings. The van der Waals surface area contributed by atoms with Crippen LogP contribution in [0, 0.1) is 11.6 Å². The van der Waals surface area contributed by atoms with Crippen LogP contribution in [0.25, 0.3) is 0 Å². The molecule has 6 nitrogen and oxygen atoms in total. The van der Waals surface area contributed by atoms with Crippen molar-refractivity contribution in [3.63, 3.8) is 0 Å². The summed E-state index contributed by atoms with van der Waals surface area (Å²) in [6.45, 7) is 0.463. The highest BCUT2D eigenvalue weighted by Gasteiger charge is 2.13. The van der Waals surface area contributed by atoms with Crippen LogP contribution < -0.4 is 10.6 Å². The lowest BCUT2D eigenvalue weighted by molar-refractivity contribution is -0.116. The van der Waals surface area contributed by atoms with Gasteiger partial charge in [0.05, 0.1) is 18.3 Å². The molecular weight excluding hydrogens is 446 g/mol. The first-order valence-electron chi connectivity index (χ1n) is 8.72. The number of benzene rings is 2. The van der Waals surface area contributed by atoms with Crippen LogP contribution in [0.1, 0.15) is 22.3 Å². The van der Waals surface area contributed by atoms with Crippen LogP contribution in [0.2, 0.25) is 0 Å². The first-order chi connectivity index (χ1) is 13.9. The zero-order valence-corrected chi connectivity index (χ0v) is 16.7. The molecule has 1 aromatic heterocycles.